The van der Waals surface area contributed by atoms with Crippen LogP contribution in [0.1, 0.15) is 51.4 Å². The van der Waals surface area contributed by atoms with Gasteiger partial charge in [-0.05, 0) is 25.7 Å². The van der Waals surface area contributed by atoms with Crippen LogP contribution >= 0.6 is 0 Å². The molecule has 3 heteroatoms. The highest BCUT2D eigenvalue weighted by molar-refractivity contribution is 4.84. The molecule has 0 amide bonds. The molecule has 2 atom stereocenters. The van der Waals surface area contributed by atoms with Crippen molar-refractivity contribution >= 4 is 0 Å². The van der Waals surface area contributed by atoms with E-state index in [9.17, 15) is 10.2 Å². The molecule has 0 bridgehead atoms. The van der Waals surface area contributed by atoms with Crippen molar-refractivity contribution in [1.82, 2.24) is 4.90 Å². The molecule has 1 aliphatic carbocycles. The van der Waals surface area contributed by atoms with Gasteiger partial charge in [0.05, 0.1) is 12.2 Å². The first-order valence-corrected chi connectivity index (χ1v) is 6.85. The van der Waals surface area contributed by atoms with E-state index in [1.165, 1.54) is 19.3 Å². The minimum absolute atomic E-state index is 0.163. The third-order valence-electron chi connectivity index (χ3n) is 4.14. The molecule has 2 rings (SSSR count). The summed E-state index contributed by atoms with van der Waals surface area (Å²) in [5.41, 5.74) is 0. The molecular formula is C13H24NO2. The smallest absolute Gasteiger partial charge is 0.0954 e. The summed E-state index contributed by atoms with van der Waals surface area (Å²) >= 11 is 0. The fourth-order valence-corrected chi connectivity index (χ4v) is 3.08. The number of hydrogen-bond donors (Lipinski definition) is 1. The van der Waals surface area contributed by atoms with E-state index >= 15 is 0 Å². The molecule has 2 aliphatic rings. The molecule has 1 saturated heterocycles. The molecule has 2 fully saturated rings. The summed E-state index contributed by atoms with van der Waals surface area (Å²) in [5, 5.41) is 21.5. The van der Waals surface area contributed by atoms with Gasteiger partial charge in [-0.15, -0.1) is 0 Å². The largest absolute Gasteiger partial charge is 0.391 e. The number of hydrogen-bond acceptors (Lipinski definition) is 2. The van der Waals surface area contributed by atoms with Crippen LogP contribution in [0.4, 0.5) is 0 Å². The molecule has 1 aliphatic heterocycles. The van der Waals surface area contributed by atoms with Gasteiger partial charge in [-0.3, -0.25) is 4.90 Å². The van der Waals surface area contributed by atoms with Gasteiger partial charge in [0.1, 0.15) is 0 Å². The average molecular weight is 226 g/mol. The molecule has 0 aromatic rings. The first-order chi connectivity index (χ1) is 7.77. The highest BCUT2D eigenvalue weighted by Gasteiger charge is 2.29. The Labute approximate surface area is 98.5 Å². The van der Waals surface area contributed by atoms with Gasteiger partial charge in [-0.2, -0.15) is 0 Å². The summed E-state index contributed by atoms with van der Waals surface area (Å²) in [5.74, 6) is 0. The molecule has 0 aromatic heterocycles. The van der Waals surface area contributed by atoms with Crippen LogP contribution in [0.5, 0.6) is 0 Å². The maximum absolute atomic E-state index is 11.3. The van der Waals surface area contributed by atoms with Crippen LogP contribution in [0.2, 0.25) is 0 Å². The Morgan fingerprint density at radius 3 is 2.19 bits per heavy atom. The quantitative estimate of drug-likeness (QED) is 0.743. The van der Waals surface area contributed by atoms with Crippen molar-refractivity contribution < 1.29 is 10.2 Å². The predicted molar refractivity (Wildman–Crippen MR) is 62.8 cm³/mol. The second-order valence-corrected chi connectivity index (χ2v) is 5.36. The number of likely N-dealkylation sites (tertiary alicyclic amines) is 1. The summed E-state index contributed by atoms with van der Waals surface area (Å²) in [7, 11) is 0. The zero-order valence-electron chi connectivity index (χ0n) is 10.1. The minimum Gasteiger partial charge on any atom is -0.391 e. The molecule has 1 saturated carbocycles. The van der Waals surface area contributed by atoms with Crippen LogP contribution in [-0.4, -0.2) is 41.3 Å². The van der Waals surface area contributed by atoms with Crippen LogP contribution in [0.15, 0.2) is 0 Å². The molecule has 93 valence electrons. The molecule has 16 heavy (non-hydrogen) atoms. The van der Waals surface area contributed by atoms with Crippen molar-refractivity contribution in [2.45, 2.75) is 69.6 Å². The molecule has 2 unspecified atom stereocenters. The van der Waals surface area contributed by atoms with Crippen molar-refractivity contribution in [1.29, 1.82) is 0 Å². The van der Waals surface area contributed by atoms with Gasteiger partial charge in [-0.1, -0.05) is 25.7 Å². The monoisotopic (exact) mass is 226 g/mol. The van der Waals surface area contributed by atoms with Crippen molar-refractivity contribution in [3.05, 3.63) is 0 Å². The van der Waals surface area contributed by atoms with Crippen molar-refractivity contribution in [2.24, 2.45) is 0 Å². The lowest BCUT2D eigenvalue weighted by Gasteiger charge is -2.39. The zero-order chi connectivity index (χ0) is 11.4. The standard InChI is InChI=1S/C13H24NO2/c15-11-7-9-14(10-8-11)12-5-3-1-2-4-6-13(12)16/h11-13,16H,1-10H2. The van der Waals surface area contributed by atoms with Crippen LogP contribution in [0, 0.1) is 0 Å². The fourth-order valence-electron chi connectivity index (χ4n) is 3.08. The number of aliphatic hydroxyl groups excluding tert-OH is 1. The van der Waals surface area contributed by atoms with Crippen LogP contribution < -0.4 is 0 Å². The molecule has 1 heterocycles. The Balaban J connectivity index is 1.89. The molecule has 0 aromatic carbocycles. The molecule has 0 spiro atoms. The van der Waals surface area contributed by atoms with E-state index in [2.05, 4.69) is 4.90 Å². The van der Waals surface area contributed by atoms with E-state index in [1.807, 2.05) is 0 Å². The van der Waals surface area contributed by atoms with Gasteiger partial charge in [0, 0.05) is 19.1 Å². The maximum atomic E-state index is 11.3. The summed E-state index contributed by atoms with van der Waals surface area (Å²) in [6.45, 7) is 1.80. The lowest BCUT2D eigenvalue weighted by atomic mass is 9.91. The molecule has 3 nitrogen and oxygen atoms in total. The van der Waals surface area contributed by atoms with E-state index in [1.54, 1.807) is 0 Å². The van der Waals surface area contributed by atoms with Crippen molar-refractivity contribution in [2.75, 3.05) is 13.1 Å². The zero-order valence-corrected chi connectivity index (χ0v) is 10.1. The highest BCUT2D eigenvalue weighted by atomic mass is 16.3. The molecule has 1 N–H and O–H groups in total. The number of nitrogens with zero attached hydrogens (tertiary/aromatic N) is 1. The van der Waals surface area contributed by atoms with E-state index in [-0.39, 0.29) is 12.2 Å². The van der Waals surface area contributed by atoms with Gasteiger partial charge < -0.3 is 5.11 Å². The SMILES string of the molecule is [O]C1CCN(C2CCCCCCC2O)CC1. The van der Waals surface area contributed by atoms with Crippen LogP contribution in [0.3, 0.4) is 0 Å². The Kier molecular flexibility index (Phi) is 4.62. The number of rotatable bonds is 1. The third-order valence-corrected chi connectivity index (χ3v) is 4.14. The summed E-state index contributed by atoms with van der Waals surface area (Å²) in [4.78, 5) is 2.37. The second kappa shape index (κ2) is 5.99. The Bertz CT molecular complexity index is 202. The average Bonchev–Trinajstić information content (AvgIpc) is 2.26. The Hall–Kier alpha value is -0.120. The first-order valence-electron chi connectivity index (χ1n) is 6.85. The van der Waals surface area contributed by atoms with Crippen molar-refractivity contribution in [3.8, 4) is 0 Å². The highest BCUT2D eigenvalue weighted by Crippen LogP contribution is 2.24. The van der Waals surface area contributed by atoms with Crippen LogP contribution in [-0.2, 0) is 5.11 Å². The summed E-state index contributed by atoms with van der Waals surface area (Å²) < 4.78 is 0. The van der Waals surface area contributed by atoms with Gasteiger partial charge in [0.25, 0.3) is 0 Å². The van der Waals surface area contributed by atoms with Crippen LogP contribution in [0.25, 0.3) is 0 Å². The molecule has 1 radical (unpaired) electrons. The Morgan fingerprint density at radius 1 is 0.875 bits per heavy atom. The minimum atomic E-state index is -0.359. The molecular weight excluding hydrogens is 202 g/mol. The van der Waals surface area contributed by atoms with E-state index in [4.69, 9.17) is 0 Å². The topological polar surface area (TPSA) is 43.4 Å². The first kappa shape index (κ1) is 12.3. The third kappa shape index (κ3) is 3.19. The van der Waals surface area contributed by atoms with E-state index in [0.29, 0.717) is 6.04 Å². The van der Waals surface area contributed by atoms with Gasteiger partial charge in [-0.25, -0.2) is 5.11 Å². The van der Waals surface area contributed by atoms with Gasteiger partial charge in [0.15, 0.2) is 0 Å². The maximum Gasteiger partial charge on any atom is 0.0954 e. The van der Waals surface area contributed by atoms with Gasteiger partial charge >= 0.3 is 0 Å². The summed E-state index contributed by atoms with van der Waals surface area (Å²) in [6, 6.07) is 0.327. The van der Waals surface area contributed by atoms with E-state index < -0.39 is 0 Å². The fraction of sp³-hybridized carbons (Fsp3) is 1.00. The number of aliphatic hydroxyl groups is 1. The summed E-state index contributed by atoms with van der Waals surface area (Å²) in [6.07, 6.45) is 8.05. The number of piperidine rings is 1. The van der Waals surface area contributed by atoms with Gasteiger partial charge in [0.2, 0.25) is 0 Å². The van der Waals surface area contributed by atoms with Crippen molar-refractivity contribution in [3.63, 3.8) is 0 Å². The lowest BCUT2D eigenvalue weighted by molar-refractivity contribution is -0.0220. The Morgan fingerprint density at radius 2 is 1.50 bits per heavy atom. The normalized spacial score (nSPS) is 35.6. The lowest BCUT2D eigenvalue weighted by Crippen LogP contribution is -2.48. The second-order valence-electron chi connectivity index (χ2n) is 5.36. The van der Waals surface area contributed by atoms with E-state index in [0.717, 1.165) is 45.2 Å². The predicted octanol–water partition coefficient (Wildman–Crippen LogP) is 1.96.